The number of para-hydroxylation sites is 1. The first kappa shape index (κ1) is 15.3. The summed E-state index contributed by atoms with van der Waals surface area (Å²) in [4.78, 5) is 20.2. The number of ether oxygens (including phenoxy) is 1. The van der Waals surface area contributed by atoms with Gasteiger partial charge in [-0.15, -0.1) is 0 Å². The lowest BCUT2D eigenvalue weighted by atomic mass is 10.3. The van der Waals surface area contributed by atoms with E-state index in [0.29, 0.717) is 11.0 Å². The second-order valence-electron chi connectivity index (χ2n) is 4.45. The van der Waals surface area contributed by atoms with Gasteiger partial charge < -0.3 is 10.1 Å². The van der Waals surface area contributed by atoms with Gasteiger partial charge in [0.1, 0.15) is 11.1 Å². The molecule has 1 heterocycles. The number of thioether (sulfide) groups is 1. The molecule has 1 aromatic carbocycles. The SMILES string of the molecule is COC(=O)[C@@H](C)Sc1nc(C)cc(Nc2ccccc2)n1. The van der Waals surface area contributed by atoms with Crippen LogP contribution in [0.1, 0.15) is 12.6 Å². The van der Waals surface area contributed by atoms with E-state index in [9.17, 15) is 4.79 Å². The number of rotatable bonds is 5. The van der Waals surface area contributed by atoms with Crippen LogP contribution >= 0.6 is 11.8 Å². The van der Waals surface area contributed by atoms with E-state index in [1.54, 1.807) is 6.92 Å². The van der Waals surface area contributed by atoms with Crippen LogP contribution in [-0.4, -0.2) is 28.3 Å². The van der Waals surface area contributed by atoms with Crippen LogP contribution in [0.4, 0.5) is 11.5 Å². The zero-order valence-corrected chi connectivity index (χ0v) is 13.0. The third-order valence-electron chi connectivity index (χ3n) is 2.70. The predicted molar refractivity (Wildman–Crippen MR) is 83.8 cm³/mol. The second kappa shape index (κ2) is 7.08. The van der Waals surface area contributed by atoms with Crippen LogP contribution in [0.5, 0.6) is 0 Å². The van der Waals surface area contributed by atoms with Crippen molar-refractivity contribution in [3.63, 3.8) is 0 Å². The van der Waals surface area contributed by atoms with Crippen molar-refractivity contribution in [1.82, 2.24) is 9.97 Å². The summed E-state index contributed by atoms with van der Waals surface area (Å²) in [6.45, 7) is 3.66. The number of carbonyl (C=O) groups excluding carboxylic acids is 1. The van der Waals surface area contributed by atoms with E-state index in [4.69, 9.17) is 4.74 Å². The van der Waals surface area contributed by atoms with Crippen molar-refractivity contribution in [3.8, 4) is 0 Å². The lowest BCUT2D eigenvalue weighted by Crippen LogP contribution is -2.15. The molecular formula is C15H17N3O2S. The minimum absolute atomic E-state index is 0.289. The first-order valence-corrected chi connectivity index (χ1v) is 7.38. The number of methoxy groups -OCH3 is 1. The summed E-state index contributed by atoms with van der Waals surface area (Å²) in [7, 11) is 1.37. The van der Waals surface area contributed by atoms with Crippen LogP contribution in [0.25, 0.3) is 0 Å². The van der Waals surface area contributed by atoms with Gasteiger partial charge in [0, 0.05) is 17.4 Å². The normalized spacial score (nSPS) is 11.8. The van der Waals surface area contributed by atoms with Crippen LogP contribution in [-0.2, 0) is 9.53 Å². The number of carbonyl (C=O) groups is 1. The standard InChI is InChI=1S/C15H17N3O2S/c1-10-9-13(17-12-7-5-4-6-8-12)18-15(16-10)21-11(2)14(19)20-3/h4-9,11H,1-3H3,(H,16,17,18)/t11-/m1/s1. The van der Waals surface area contributed by atoms with Gasteiger partial charge in [0.2, 0.25) is 0 Å². The Bertz CT molecular complexity index is 620. The lowest BCUT2D eigenvalue weighted by molar-refractivity contribution is -0.139. The Morgan fingerprint density at radius 2 is 2.00 bits per heavy atom. The summed E-state index contributed by atoms with van der Waals surface area (Å²) in [5.41, 5.74) is 1.79. The highest BCUT2D eigenvalue weighted by Crippen LogP contribution is 2.23. The highest BCUT2D eigenvalue weighted by Gasteiger charge is 2.16. The smallest absolute Gasteiger partial charge is 0.318 e. The van der Waals surface area contributed by atoms with Gasteiger partial charge in [-0.05, 0) is 26.0 Å². The van der Waals surface area contributed by atoms with E-state index in [-0.39, 0.29) is 11.2 Å². The van der Waals surface area contributed by atoms with E-state index in [1.807, 2.05) is 43.3 Å². The Balaban J connectivity index is 2.15. The molecule has 6 heteroatoms. The number of hydrogen-bond acceptors (Lipinski definition) is 6. The summed E-state index contributed by atoms with van der Waals surface area (Å²) in [5, 5.41) is 3.42. The summed E-state index contributed by atoms with van der Waals surface area (Å²) in [6, 6.07) is 11.6. The Labute approximate surface area is 128 Å². The molecule has 2 rings (SSSR count). The van der Waals surface area contributed by atoms with E-state index in [1.165, 1.54) is 18.9 Å². The van der Waals surface area contributed by atoms with Gasteiger partial charge in [-0.25, -0.2) is 9.97 Å². The number of aryl methyl sites for hydroxylation is 1. The summed E-state index contributed by atoms with van der Waals surface area (Å²) < 4.78 is 4.71. The minimum Gasteiger partial charge on any atom is -0.468 e. The summed E-state index contributed by atoms with van der Waals surface area (Å²) >= 11 is 1.28. The number of hydrogen-bond donors (Lipinski definition) is 1. The quantitative estimate of drug-likeness (QED) is 0.520. The molecule has 110 valence electrons. The topological polar surface area (TPSA) is 64.1 Å². The lowest BCUT2D eigenvalue weighted by Gasteiger charge is -2.10. The zero-order chi connectivity index (χ0) is 15.2. The van der Waals surface area contributed by atoms with Crippen LogP contribution < -0.4 is 5.32 Å². The van der Waals surface area contributed by atoms with Gasteiger partial charge in [0.25, 0.3) is 0 Å². The fourth-order valence-electron chi connectivity index (χ4n) is 1.70. The van der Waals surface area contributed by atoms with Crippen molar-refractivity contribution < 1.29 is 9.53 Å². The molecular weight excluding hydrogens is 286 g/mol. The molecule has 0 saturated heterocycles. The molecule has 0 aliphatic heterocycles. The third kappa shape index (κ3) is 4.46. The maximum atomic E-state index is 11.5. The van der Waals surface area contributed by atoms with Crippen molar-refractivity contribution in [3.05, 3.63) is 42.1 Å². The highest BCUT2D eigenvalue weighted by atomic mass is 32.2. The van der Waals surface area contributed by atoms with E-state index >= 15 is 0 Å². The van der Waals surface area contributed by atoms with Crippen LogP contribution in [0.2, 0.25) is 0 Å². The highest BCUT2D eigenvalue weighted by molar-refractivity contribution is 8.00. The van der Waals surface area contributed by atoms with E-state index < -0.39 is 0 Å². The maximum Gasteiger partial charge on any atom is 0.318 e. The molecule has 1 N–H and O–H groups in total. The molecule has 0 aliphatic carbocycles. The Morgan fingerprint density at radius 1 is 1.29 bits per heavy atom. The molecule has 0 unspecified atom stereocenters. The maximum absolute atomic E-state index is 11.5. The van der Waals surface area contributed by atoms with Gasteiger partial charge in [0.05, 0.1) is 7.11 Å². The molecule has 0 amide bonds. The van der Waals surface area contributed by atoms with Gasteiger partial charge in [-0.2, -0.15) is 0 Å². The molecule has 1 atom stereocenters. The molecule has 0 radical (unpaired) electrons. The van der Waals surface area contributed by atoms with E-state index in [2.05, 4.69) is 15.3 Å². The first-order chi connectivity index (χ1) is 10.1. The largest absolute Gasteiger partial charge is 0.468 e. The number of nitrogens with zero attached hydrogens (tertiary/aromatic N) is 2. The van der Waals surface area contributed by atoms with Crippen molar-refractivity contribution in [2.45, 2.75) is 24.3 Å². The number of anilines is 2. The van der Waals surface area contributed by atoms with Crippen LogP contribution in [0, 0.1) is 6.92 Å². The van der Waals surface area contributed by atoms with E-state index in [0.717, 1.165) is 11.4 Å². The fraction of sp³-hybridized carbons (Fsp3) is 0.267. The van der Waals surface area contributed by atoms with Gasteiger partial charge in [-0.1, -0.05) is 30.0 Å². The number of aromatic nitrogens is 2. The molecule has 0 saturated carbocycles. The molecule has 21 heavy (non-hydrogen) atoms. The molecule has 0 aliphatic rings. The molecule has 0 bridgehead atoms. The zero-order valence-electron chi connectivity index (χ0n) is 12.2. The molecule has 5 nitrogen and oxygen atoms in total. The summed E-state index contributed by atoms with van der Waals surface area (Å²) in [6.07, 6.45) is 0. The van der Waals surface area contributed by atoms with Crippen LogP contribution in [0.3, 0.4) is 0 Å². The average molecular weight is 303 g/mol. The molecule has 0 fully saturated rings. The minimum atomic E-state index is -0.346. The van der Waals surface area contributed by atoms with Gasteiger partial charge in [-0.3, -0.25) is 4.79 Å². The van der Waals surface area contributed by atoms with Crippen LogP contribution in [0.15, 0.2) is 41.6 Å². The number of nitrogens with one attached hydrogen (secondary N) is 1. The van der Waals surface area contributed by atoms with Crippen molar-refractivity contribution >= 4 is 29.2 Å². The Morgan fingerprint density at radius 3 is 2.67 bits per heavy atom. The predicted octanol–water partition coefficient (Wildman–Crippen LogP) is 3.18. The summed E-state index contributed by atoms with van der Waals surface area (Å²) in [5.74, 6) is 0.413. The monoisotopic (exact) mass is 303 g/mol. The Kier molecular flexibility index (Phi) is 5.16. The van der Waals surface area contributed by atoms with Crippen molar-refractivity contribution in [1.29, 1.82) is 0 Å². The number of esters is 1. The third-order valence-corrected chi connectivity index (χ3v) is 3.63. The Hall–Kier alpha value is -2.08. The van der Waals surface area contributed by atoms with Gasteiger partial charge >= 0.3 is 5.97 Å². The van der Waals surface area contributed by atoms with Crippen molar-refractivity contribution in [2.24, 2.45) is 0 Å². The number of benzene rings is 1. The molecule has 0 spiro atoms. The first-order valence-electron chi connectivity index (χ1n) is 6.50. The average Bonchev–Trinajstić information content (AvgIpc) is 2.46. The molecule has 2 aromatic rings. The van der Waals surface area contributed by atoms with Crippen molar-refractivity contribution in [2.75, 3.05) is 12.4 Å². The molecule has 1 aromatic heterocycles. The fourth-order valence-corrected chi connectivity index (χ4v) is 2.56. The second-order valence-corrected chi connectivity index (χ2v) is 5.76. The van der Waals surface area contributed by atoms with Gasteiger partial charge in [0.15, 0.2) is 5.16 Å².